The van der Waals surface area contributed by atoms with Gasteiger partial charge >= 0.3 is 5.97 Å². The van der Waals surface area contributed by atoms with E-state index in [1.165, 1.54) is 5.56 Å². The van der Waals surface area contributed by atoms with Gasteiger partial charge in [0.25, 0.3) is 0 Å². The van der Waals surface area contributed by atoms with Crippen molar-refractivity contribution >= 4 is 5.97 Å². The van der Waals surface area contributed by atoms with E-state index in [0.29, 0.717) is 0 Å². The lowest BCUT2D eigenvalue weighted by Crippen LogP contribution is -2.35. The fourth-order valence-electron chi connectivity index (χ4n) is 3.02. The van der Waals surface area contributed by atoms with Crippen molar-refractivity contribution in [2.45, 2.75) is 38.2 Å². The number of carbonyl (C=O) groups excluding carboxylic acids is 1. The van der Waals surface area contributed by atoms with E-state index in [4.69, 9.17) is 4.74 Å². The summed E-state index contributed by atoms with van der Waals surface area (Å²) in [5, 5.41) is 7.05. The number of ether oxygens (including phenoxy) is 1. The number of rotatable bonds is 2. The van der Waals surface area contributed by atoms with Crippen molar-refractivity contribution in [1.82, 2.24) is 15.1 Å². The van der Waals surface area contributed by atoms with Crippen molar-refractivity contribution in [2.24, 2.45) is 5.92 Å². The molecule has 0 bridgehead atoms. The number of hydrogen-bond donors (Lipinski definition) is 1. The van der Waals surface area contributed by atoms with Gasteiger partial charge in [0.2, 0.25) is 0 Å². The van der Waals surface area contributed by atoms with Crippen LogP contribution in [0.5, 0.6) is 0 Å². The molecule has 1 unspecified atom stereocenters. The second-order valence-electron chi connectivity index (χ2n) is 5.70. The standard InChI is InChI=1S/C14H21N3O2/c1-17-7-5-10(6-8-17)14(18)19-12-4-2-3-11-9-15-16-13(11)12/h9-10,12H,2-8H2,1H3,(H,15,16). The first-order valence-electron chi connectivity index (χ1n) is 7.15. The Balaban J connectivity index is 1.62. The second-order valence-corrected chi connectivity index (χ2v) is 5.70. The third-order valence-corrected chi connectivity index (χ3v) is 4.30. The predicted molar refractivity (Wildman–Crippen MR) is 70.6 cm³/mol. The molecule has 1 aliphatic heterocycles. The van der Waals surface area contributed by atoms with Gasteiger partial charge in [-0.25, -0.2) is 0 Å². The summed E-state index contributed by atoms with van der Waals surface area (Å²) in [7, 11) is 2.10. The van der Waals surface area contributed by atoms with Gasteiger partial charge in [-0.3, -0.25) is 9.89 Å². The first-order chi connectivity index (χ1) is 9.24. The normalized spacial score (nSPS) is 25.0. The molecule has 19 heavy (non-hydrogen) atoms. The lowest BCUT2D eigenvalue weighted by Gasteiger charge is -2.29. The molecule has 5 nitrogen and oxygen atoms in total. The monoisotopic (exact) mass is 263 g/mol. The molecule has 0 radical (unpaired) electrons. The van der Waals surface area contributed by atoms with Gasteiger partial charge in [0.15, 0.2) is 0 Å². The third-order valence-electron chi connectivity index (χ3n) is 4.30. The molecular weight excluding hydrogens is 242 g/mol. The molecule has 0 amide bonds. The molecule has 2 aliphatic rings. The van der Waals surface area contributed by atoms with Gasteiger partial charge < -0.3 is 9.64 Å². The minimum absolute atomic E-state index is 0.0273. The first-order valence-corrected chi connectivity index (χ1v) is 7.15. The average Bonchev–Trinajstić information content (AvgIpc) is 2.89. The zero-order valence-corrected chi connectivity index (χ0v) is 11.4. The van der Waals surface area contributed by atoms with Crippen LogP contribution in [0.2, 0.25) is 0 Å². The van der Waals surface area contributed by atoms with Gasteiger partial charge in [0.1, 0.15) is 6.10 Å². The Kier molecular flexibility index (Phi) is 3.55. The number of aryl methyl sites for hydroxylation is 1. The summed E-state index contributed by atoms with van der Waals surface area (Å²) in [5.41, 5.74) is 2.21. The Morgan fingerprint density at radius 2 is 2.21 bits per heavy atom. The number of aromatic nitrogens is 2. The van der Waals surface area contributed by atoms with Crippen molar-refractivity contribution in [2.75, 3.05) is 20.1 Å². The maximum atomic E-state index is 12.2. The van der Waals surface area contributed by atoms with Crippen molar-refractivity contribution in [3.8, 4) is 0 Å². The molecule has 1 N–H and O–H groups in total. The summed E-state index contributed by atoms with van der Waals surface area (Å²) in [6.07, 6.45) is 6.58. The molecule has 5 heteroatoms. The number of hydrogen-bond acceptors (Lipinski definition) is 4. The minimum atomic E-state index is -0.113. The number of H-pyrrole nitrogens is 1. The number of nitrogens with one attached hydrogen (secondary N) is 1. The fraction of sp³-hybridized carbons (Fsp3) is 0.714. The number of fused-ring (bicyclic) bond motifs is 1. The minimum Gasteiger partial charge on any atom is -0.456 e. The van der Waals surface area contributed by atoms with Crippen LogP contribution >= 0.6 is 0 Å². The van der Waals surface area contributed by atoms with Crippen molar-refractivity contribution < 1.29 is 9.53 Å². The van der Waals surface area contributed by atoms with Gasteiger partial charge in [-0.15, -0.1) is 0 Å². The maximum absolute atomic E-state index is 12.2. The highest BCUT2D eigenvalue weighted by Gasteiger charge is 2.30. The van der Waals surface area contributed by atoms with E-state index in [2.05, 4.69) is 22.1 Å². The molecule has 0 spiro atoms. The van der Waals surface area contributed by atoms with Crippen molar-refractivity contribution in [3.63, 3.8) is 0 Å². The van der Waals surface area contributed by atoms with E-state index in [-0.39, 0.29) is 18.0 Å². The van der Waals surface area contributed by atoms with E-state index in [0.717, 1.165) is 50.9 Å². The van der Waals surface area contributed by atoms with E-state index >= 15 is 0 Å². The Labute approximate surface area is 113 Å². The Morgan fingerprint density at radius 3 is 3.00 bits per heavy atom. The summed E-state index contributed by atoms with van der Waals surface area (Å²) in [4.78, 5) is 14.5. The Morgan fingerprint density at radius 1 is 1.42 bits per heavy atom. The predicted octanol–water partition coefficient (Wildman–Crippen LogP) is 1.67. The molecule has 1 atom stereocenters. The zero-order valence-electron chi connectivity index (χ0n) is 11.4. The van der Waals surface area contributed by atoms with Gasteiger partial charge in [0.05, 0.1) is 17.8 Å². The number of esters is 1. The topological polar surface area (TPSA) is 58.2 Å². The van der Waals surface area contributed by atoms with Crippen LogP contribution in [0, 0.1) is 5.92 Å². The number of nitrogens with zero attached hydrogens (tertiary/aromatic N) is 2. The molecule has 3 rings (SSSR count). The molecule has 1 aliphatic carbocycles. The van der Waals surface area contributed by atoms with E-state index in [9.17, 15) is 4.79 Å². The van der Waals surface area contributed by atoms with Gasteiger partial charge in [0, 0.05) is 0 Å². The second kappa shape index (κ2) is 5.33. The summed E-state index contributed by atoms with van der Waals surface area (Å²) < 4.78 is 5.72. The van der Waals surface area contributed by atoms with Gasteiger partial charge in [-0.05, 0) is 57.8 Å². The molecule has 1 fully saturated rings. The zero-order chi connectivity index (χ0) is 13.2. The highest BCUT2D eigenvalue weighted by atomic mass is 16.5. The van der Waals surface area contributed by atoms with E-state index in [1.807, 2.05) is 6.20 Å². The summed E-state index contributed by atoms with van der Waals surface area (Å²) in [6, 6.07) is 0. The molecular formula is C14H21N3O2. The summed E-state index contributed by atoms with van der Waals surface area (Å²) >= 11 is 0. The van der Waals surface area contributed by atoms with Crippen LogP contribution in [0.1, 0.15) is 43.0 Å². The summed E-state index contributed by atoms with van der Waals surface area (Å²) in [6.45, 7) is 1.97. The average molecular weight is 263 g/mol. The van der Waals surface area contributed by atoms with Crippen LogP contribution in [-0.2, 0) is 16.0 Å². The molecule has 1 saturated heterocycles. The number of likely N-dealkylation sites (tertiary alicyclic amines) is 1. The molecule has 1 aromatic heterocycles. The fourth-order valence-corrected chi connectivity index (χ4v) is 3.02. The third kappa shape index (κ3) is 2.66. The number of aromatic amines is 1. The highest BCUT2D eigenvalue weighted by molar-refractivity contribution is 5.73. The molecule has 104 valence electrons. The van der Waals surface area contributed by atoms with Crippen LogP contribution in [-0.4, -0.2) is 41.2 Å². The Hall–Kier alpha value is -1.36. The van der Waals surface area contributed by atoms with Gasteiger partial charge in [-0.1, -0.05) is 0 Å². The SMILES string of the molecule is CN1CCC(C(=O)OC2CCCc3cn[nH]c32)CC1. The van der Waals surface area contributed by atoms with Crippen LogP contribution in [0.15, 0.2) is 6.20 Å². The Bertz CT molecular complexity index is 449. The quantitative estimate of drug-likeness (QED) is 0.825. The van der Waals surface area contributed by atoms with Crippen LogP contribution in [0.25, 0.3) is 0 Å². The van der Waals surface area contributed by atoms with E-state index < -0.39 is 0 Å². The van der Waals surface area contributed by atoms with Crippen LogP contribution < -0.4 is 0 Å². The molecule has 2 heterocycles. The lowest BCUT2D eigenvalue weighted by molar-refractivity contribution is -0.157. The highest BCUT2D eigenvalue weighted by Crippen LogP contribution is 2.32. The van der Waals surface area contributed by atoms with Crippen LogP contribution in [0.4, 0.5) is 0 Å². The first kappa shape index (κ1) is 12.7. The maximum Gasteiger partial charge on any atom is 0.309 e. The molecule has 0 aromatic carbocycles. The molecule has 0 saturated carbocycles. The van der Waals surface area contributed by atoms with E-state index in [1.54, 1.807) is 0 Å². The largest absolute Gasteiger partial charge is 0.456 e. The van der Waals surface area contributed by atoms with Crippen molar-refractivity contribution in [3.05, 3.63) is 17.5 Å². The molecule has 1 aromatic rings. The number of carbonyl (C=O) groups is 1. The lowest BCUT2D eigenvalue weighted by atomic mass is 9.94. The van der Waals surface area contributed by atoms with Crippen LogP contribution in [0.3, 0.4) is 0 Å². The summed E-state index contributed by atoms with van der Waals surface area (Å²) in [5.74, 6) is 0.0463. The van der Waals surface area contributed by atoms with Gasteiger partial charge in [-0.2, -0.15) is 5.10 Å². The smallest absolute Gasteiger partial charge is 0.309 e. The van der Waals surface area contributed by atoms with Crippen molar-refractivity contribution in [1.29, 1.82) is 0 Å². The number of piperidine rings is 1.